The molecule has 3 aliphatic heterocycles. The molecule has 38 heavy (non-hydrogen) atoms. The standard InChI is InChI=1S/C31H39N5O2/c1-3-30(37)34-19-23(20-34)31(38)33-27(22-9-5-4-6-10-22)15-16-35-24-13-14-25(35)18-26(17-24)36-21(2)32-28-11-7-8-12-29(28)36/h4-12,23-27H,3,13-20H2,1-2H3,(H,33,38)/t24-,25+,26?,27-/m0/s1. The van der Waals surface area contributed by atoms with Crippen LogP contribution in [0.25, 0.3) is 11.0 Å². The maximum Gasteiger partial charge on any atom is 0.227 e. The molecule has 2 aromatic carbocycles. The second-order valence-corrected chi connectivity index (χ2v) is 11.4. The number of amides is 2. The van der Waals surface area contributed by atoms with E-state index in [-0.39, 0.29) is 23.8 Å². The van der Waals surface area contributed by atoms with Crippen LogP contribution in [0, 0.1) is 12.8 Å². The van der Waals surface area contributed by atoms with E-state index in [1.54, 1.807) is 4.90 Å². The Morgan fingerprint density at radius 2 is 1.66 bits per heavy atom. The summed E-state index contributed by atoms with van der Waals surface area (Å²) in [5.74, 6) is 1.22. The predicted molar refractivity (Wildman–Crippen MR) is 149 cm³/mol. The Morgan fingerprint density at radius 1 is 0.974 bits per heavy atom. The number of aromatic nitrogens is 2. The second-order valence-electron chi connectivity index (χ2n) is 11.4. The molecule has 3 aliphatic rings. The fourth-order valence-corrected chi connectivity index (χ4v) is 7.09. The zero-order chi connectivity index (χ0) is 26.2. The predicted octanol–water partition coefficient (Wildman–Crippen LogP) is 4.63. The number of carbonyl (C=O) groups excluding carboxylic acids is 2. The van der Waals surface area contributed by atoms with Crippen LogP contribution in [0.3, 0.4) is 0 Å². The summed E-state index contributed by atoms with van der Waals surface area (Å²) in [6.07, 6.45) is 6.20. The van der Waals surface area contributed by atoms with Crippen LogP contribution < -0.4 is 5.32 Å². The third-order valence-corrected chi connectivity index (χ3v) is 9.10. The van der Waals surface area contributed by atoms with Gasteiger partial charge in [-0.2, -0.15) is 0 Å². The highest BCUT2D eigenvalue weighted by molar-refractivity contribution is 5.84. The molecule has 3 fully saturated rings. The van der Waals surface area contributed by atoms with Gasteiger partial charge in [-0.1, -0.05) is 49.4 Å². The number of benzene rings is 2. The first-order valence-corrected chi connectivity index (χ1v) is 14.3. The Morgan fingerprint density at radius 3 is 2.37 bits per heavy atom. The molecule has 1 N–H and O–H groups in total. The molecule has 7 nitrogen and oxygen atoms in total. The van der Waals surface area contributed by atoms with E-state index in [0.717, 1.165) is 42.7 Å². The van der Waals surface area contributed by atoms with Gasteiger partial charge >= 0.3 is 0 Å². The van der Waals surface area contributed by atoms with E-state index in [2.05, 4.69) is 58.1 Å². The lowest BCUT2D eigenvalue weighted by atomic mass is 9.94. The number of hydrogen-bond acceptors (Lipinski definition) is 4. The number of nitrogens with zero attached hydrogens (tertiary/aromatic N) is 4. The smallest absolute Gasteiger partial charge is 0.227 e. The maximum absolute atomic E-state index is 13.1. The monoisotopic (exact) mass is 513 g/mol. The number of imidazole rings is 1. The Kier molecular flexibility index (Phi) is 6.95. The van der Waals surface area contributed by atoms with Crippen molar-refractivity contribution in [1.82, 2.24) is 24.7 Å². The maximum atomic E-state index is 13.1. The van der Waals surface area contributed by atoms with E-state index < -0.39 is 0 Å². The van der Waals surface area contributed by atoms with Gasteiger partial charge in [-0.05, 0) is 56.7 Å². The molecule has 2 bridgehead atoms. The molecule has 0 radical (unpaired) electrons. The minimum absolute atomic E-state index is 0.0170. The van der Waals surface area contributed by atoms with Crippen LogP contribution >= 0.6 is 0 Å². The topological polar surface area (TPSA) is 70.5 Å². The lowest BCUT2D eigenvalue weighted by molar-refractivity contribution is -0.143. The molecule has 1 aromatic heterocycles. The molecule has 4 atom stereocenters. The number of nitrogens with one attached hydrogen (secondary N) is 1. The normalized spacial score (nSPS) is 24.4. The zero-order valence-electron chi connectivity index (χ0n) is 22.6. The minimum atomic E-state index is -0.100. The average Bonchev–Trinajstić information content (AvgIpc) is 3.36. The lowest BCUT2D eigenvalue weighted by Crippen LogP contribution is -2.56. The molecular formula is C31H39N5O2. The van der Waals surface area contributed by atoms with Gasteiger partial charge in [-0.15, -0.1) is 0 Å². The quantitative estimate of drug-likeness (QED) is 0.477. The van der Waals surface area contributed by atoms with Crippen molar-refractivity contribution in [2.24, 2.45) is 5.92 Å². The minimum Gasteiger partial charge on any atom is -0.349 e. The van der Waals surface area contributed by atoms with Crippen LogP contribution in [0.1, 0.15) is 68.9 Å². The SMILES string of the molecule is CCC(=O)N1CC(C(=O)N[C@@H](CCN2[C@@H]3CC[C@H]2CC(n2c(C)nc4ccccc42)C3)c2ccccc2)C1. The van der Waals surface area contributed by atoms with Crippen molar-refractivity contribution in [2.45, 2.75) is 76.5 Å². The summed E-state index contributed by atoms with van der Waals surface area (Å²) in [6.45, 7) is 6.08. The van der Waals surface area contributed by atoms with Crippen molar-refractivity contribution >= 4 is 22.8 Å². The number of para-hydroxylation sites is 2. The summed E-state index contributed by atoms with van der Waals surface area (Å²) >= 11 is 0. The summed E-state index contributed by atoms with van der Waals surface area (Å²) in [7, 11) is 0. The number of fused-ring (bicyclic) bond motifs is 3. The van der Waals surface area contributed by atoms with Crippen LogP contribution in [0.4, 0.5) is 0 Å². The Hall–Kier alpha value is -3.19. The molecule has 7 heteroatoms. The van der Waals surface area contributed by atoms with E-state index in [9.17, 15) is 9.59 Å². The molecule has 4 heterocycles. The van der Waals surface area contributed by atoms with E-state index in [1.165, 1.54) is 18.4 Å². The fraction of sp³-hybridized carbons (Fsp3) is 0.516. The largest absolute Gasteiger partial charge is 0.349 e. The Bertz CT molecular complexity index is 1280. The molecule has 0 spiro atoms. The summed E-state index contributed by atoms with van der Waals surface area (Å²) in [5.41, 5.74) is 3.50. The highest BCUT2D eigenvalue weighted by Crippen LogP contribution is 2.42. The van der Waals surface area contributed by atoms with Gasteiger partial charge < -0.3 is 14.8 Å². The van der Waals surface area contributed by atoms with Crippen molar-refractivity contribution in [3.63, 3.8) is 0 Å². The molecule has 3 aromatic rings. The number of hydrogen-bond donors (Lipinski definition) is 1. The molecule has 3 saturated heterocycles. The first-order valence-electron chi connectivity index (χ1n) is 14.3. The highest BCUT2D eigenvalue weighted by Gasteiger charge is 2.42. The first-order chi connectivity index (χ1) is 18.5. The molecule has 1 unspecified atom stereocenters. The summed E-state index contributed by atoms with van der Waals surface area (Å²) in [5, 5.41) is 3.35. The van der Waals surface area contributed by atoms with Crippen LogP contribution in [-0.2, 0) is 9.59 Å². The van der Waals surface area contributed by atoms with Gasteiger partial charge in [-0.3, -0.25) is 14.5 Å². The Balaban J connectivity index is 1.11. The van der Waals surface area contributed by atoms with Gasteiger partial charge in [0.1, 0.15) is 5.82 Å². The number of aryl methyl sites for hydroxylation is 1. The van der Waals surface area contributed by atoms with Crippen molar-refractivity contribution in [3.05, 3.63) is 66.0 Å². The van der Waals surface area contributed by atoms with Gasteiger partial charge in [0.05, 0.1) is 23.0 Å². The molecule has 6 rings (SSSR count). The summed E-state index contributed by atoms with van der Waals surface area (Å²) in [6, 6.07) is 20.5. The summed E-state index contributed by atoms with van der Waals surface area (Å²) in [4.78, 5) is 34.4. The van der Waals surface area contributed by atoms with Crippen molar-refractivity contribution in [1.29, 1.82) is 0 Å². The first kappa shape index (κ1) is 25.1. The van der Waals surface area contributed by atoms with Crippen molar-refractivity contribution < 1.29 is 9.59 Å². The molecule has 0 saturated carbocycles. The van der Waals surface area contributed by atoms with E-state index in [4.69, 9.17) is 4.98 Å². The fourth-order valence-electron chi connectivity index (χ4n) is 7.09. The highest BCUT2D eigenvalue weighted by atomic mass is 16.2. The second kappa shape index (κ2) is 10.5. The van der Waals surface area contributed by atoms with Gasteiger partial charge in [0.25, 0.3) is 0 Å². The van der Waals surface area contributed by atoms with Gasteiger partial charge in [-0.25, -0.2) is 4.98 Å². The molecule has 0 aliphatic carbocycles. The molecule has 2 amide bonds. The zero-order valence-corrected chi connectivity index (χ0v) is 22.6. The van der Waals surface area contributed by atoms with Crippen molar-refractivity contribution in [3.8, 4) is 0 Å². The number of carbonyl (C=O) groups is 2. The summed E-state index contributed by atoms with van der Waals surface area (Å²) < 4.78 is 2.48. The van der Waals surface area contributed by atoms with Gasteiger partial charge in [0, 0.05) is 44.2 Å². The third kappa shape index (κ3) is 4.73. The van der Waals surface area contributed by atoms with Crippen LogP contribution in [0.15, 0.2) is 54.6 Å². The van der Waals surface area contributed by atoms with Crippen LogP contribution in [-0.4, -0.2) is 62.9 Å². The van der Waals surface area contributed by atoms with Gasteiger partial charge in [0.2, 0.25) is 11.8 Å². The van der Waals surface area contributed by atoms with Gasteiger partial charge in [0.15, 0.2) is 0 Å². The molecular weight excluding hydrogens is 474 g/mol. The van der Waals surface area contributed by atoms with Crippen LogP contribution in [0.5, 0.6) is 0 Å². The average molecular weight is 514 g/mol. The van der Waals surface area contributed by atoms with E-state index in [0.29, 0.717) is 37.6 Å². The molecule has 200 valence electrons. The number of likely N-dealkylation sites (tertiary alicyclic amines) is 1. The van der Waals surface area contributed by atoms with E-state index in [1.807, 2.05) is 25.1 Å². The lowest BCUT2D eigenvalue weighted by Gasteiger charge is -2.41. The third-order valence-electron chi connectivity index (χ3n) is 9.10. The number of piperidine rings is 1. The van der Waals surface area contributed by atoms with E-state index >= 15 is 0 Å². The van der Waals surface area contributed by atoms with Crippen LogP contribution in [0.2, 0.25) is 0 Å². The number of rotatable bonds is 8. The Labute approximate surface area is 225 Å². The van der Waals surface area contributed by atoms with Crippen molar-refractivity contribution in [2.75, 3.05) is 19.6 Å².